The van der Waals surface area contributed by atoms with E-state index in [-0.39, 0.29) is 24.0 Å². The molecule has 1 aliphatic rings. The van der Waals surface area contributed by atoms with E-state index < -0.39 is 0 Å². The second-order valence-corrected chi connectivity index (χ2v) is 6.84. The second kappa shape index (κ2) is 11.9. The maximum atomic E-state index is 5.58. The van der Waals surface area contributed by atoms with Crippen LogP contribution in [-0.2, 0) is 6.54 Å². The Bertz CT molecular complexity index is 787. The minimum Gasteiger partial charge on any atom is -0.493 e. The van der Waals surface area contributed by atoms with Crippen molar-refractivity contribution in [3.8, 4) is 11.5 Å². The van der Waals surface area contributed by atoms with Crippen molar-refractivity contribution in [2.24, 2.45) is 4.99 Å². The molecule has 0 aliphatic heterocycles. The largest absolute Gasteiger partial charge is 0.493 e. The van der Waals surface area contributed by atoms with Crippen molar-refractivity contribution in [2.75, 3.05) is 25.6 Å². The Kier molecular flexibility index (Phi) is 9.56. The van der Waals surface area contributed by atoms with Crippen LogP contribution in [0.15, 0.2) is 35.5 Å². The molecule has 1 saturated carbocycles. The molecule has 1 aromatic heterocycles. The Morgan fingerprint density at radius 2 is 2.00 bits per heavy atom. The van der Waals surface area contributed by atoms with E-state index in [1.165, 1.54) is 25.7 Å². The summed E-state index contributed by atoms with van der Waals surface area (Å²) in [7, 11) is 1.64. The molecule has 1 aromatic carbocycles. The summed E-state index contributed by atoms with van der Waals surface area (Å²) in [4.78, 5) is 4.68. The van der Waals surface area contributed by atoms with Crippen LogP contribution in [0.1, 0.15) is 51.3 Å². The number of halogens is 1. The molecule has 1 fully saturated rings. The van der Waals surface area contributed by atoms with E-state index in [0.717, 1.165) is 23.7 Å². The predicted molar refractivity (Wildman–Crippen MR) is 128 cm³/mol. The number of hydrogen-bond donors (Lipinski definition) is 2. The summed E-state index contributed by atoms with van der Waals surface area (Å²) in [5, 5.41) is 11.3. The molecule has 0 spiro atoms. The summed E-state index contributed by atoms with van der Waals surface area (Å²) in [6.45, 7) is 5.90. The van der Waals surface area contributed by atoms with Gasteiger partial charge in [-0.25, -0.2) is 4.99 Å². The number of ether oxygens (including phenoxy) is 2. The number of nitrogens with one attached hydrogen (secondary N) is 2. The van der Waals surface area contributed by atoms with Gasteiger partial charge in [0.15, 0.2) is 17.5 Å². The highest BCUT2D eigenvalue weighted by Crippen LogP contribution is 2.30. The summed E-state index contributed by atoms with van der Waals surface area (Å²) < 4.78 is 13.1. The third-order valence-corrected chi connectivity index (χ3v) is 4.83. The number of guanidine groups is 1. The SMILES string of the molecule is CCNC(=NCc1ccn(C2CCCC2)n1)Nc1ccc(OCC)c(OC)c1.I. The average molecular weight is 513 g/mol. The molecule has 0 radical (unpaired) electrons. The molecule has 1 aliphatic carbocycles. The van der Waals surface area contributed by atoms with Gasteiger partial charge in [-0.15, -0.1) is 24.0 Å². The first-order valence-corrected chi connectivity index (χ1v) is 10.1. The number of anilines is 1. The Labute approximate surface area is 190 Å². The average Bonchev–Trinajstić information content (AvgIpc) is 3.39. The number of methoxy groups -OCH3 is 1. The van der Waals surface area contributed by atoms with Gasteiger partial charge in [-0.1, -0.05) is 12.8 Å². The zero-order valence-corrected chi connectivity index (χ0v) is 19.8. The van der Waals surface area contributed by atoms with Crippen molar-refractivity contribution >= 4 is 35.6 Å². The second-order valence-electron chi connectivity index (χ2n) is 6.84. The Morgan fingerprint density at radius 3 is 2.69 bits per heavy atom. The molecule has 0 bridgehead atoms. The summed E-state index contributed by atoms with van der Waals surface area (Å²) in [5.41, 5.74) is 1.87. The van der Waals surface area contributed by atoms with E-state index in [4.69, 9.17) is 14.6 Å². The van der Waals surface area contributed by atoms with Gasteiger partial charge in [-0.05, 0) is 44.9 Å². The van der Waals surface area contributed by atoms with E-state index in [0.29, 0.717) is 30.9 Å². The predicted octanol–water partition coefficient (Wildman–Crippen LogP) is 4.60. The van der Waals surface area contributed by atoms with Gasteiger partial charge in [0.2, 0.25) is 0 Å². The summed E-state index contributed by atoms with van der Waals surface area (Å²) >= 11 is 0. The molecule has 2 aromatic rings. The van der Waals surface area contributed by atoms with Crippen molar-refractivity contribution < 1.29 is 9.47 Å². The van der Waals surface area contributed by atoms with Gasteiger partial charge in [0.1, 0.15) is 0 Å². The van der Waals surface area contributed by atoms with E-state index in [2.05, 4.69) is 32.6 Å². The zero-order chi connectivity index (χ0) is 19.8. The highest BCUT2D eigenvalue weighted by atomic mass is 127. The van der Waals surface area contributed by atoms with Crippen molar-refractivity contribution in [1.29, 1.82) is 0 Å². The summed E-state index contributed by atoms with van der Waals surface area (Å²) in [5.74, 6) is 2.14. The lowest BCUT2D eigenvalue weighted by Gasteiger charge is -2.14. The molecule has 0 saturated heterocycles. The van der Waals surface area contributed by atoms with Crippen LogP contribution in [-0.4, -0.2) is 36.0 Å². The molecule has 0 atom stereocenters. The van der Waals surface area contributed by atoms with Crippen LogP contribution in [0.4, 0.5) is 5.69 Å². The first-order chi connectivity index (χ1) is 13.7. The molecule has 2 N–H and O–H groups in total. The van der Waals surface area contributed by atoms with Crippen LogP contribution >= 0.6 is 24.0 Å². The van der Waals surface area contributed by atoms with Crippen molar-refractivity contribution in [2.45, 2.75) is 52.1 Å². The van der Waals surface area contributed by atoms with Crippen LogP contribution in [0.5, 0.6) is 11.5 Å². The Balaban J connectivity index is 0.00000300. The van der Waals surface area contributed by atoms with Crippen molar-refractivity contribution in [1.82, 2.24) is 15.1 Å². The number of rotatable bonds is 8. The monoisotopic (exact) mass is 513 g/mol. The number of benzene rings is 1. The molecule has 160 valence electrons. The molecular formula is C21H32IN5O2. The van der Waals surface area contributed by atoms with Crippen LogP contribution in [0.3, 0.4) is 0 Å². The highest BCUT2D eigenvalue weighted by molar-refractivity contribution is 14.0. The van der Waals surface area contributed by atoms with Gasteiger partial charge < -0.3 is 20.1 Å². The quantitative estimate of drug-likeness (QED) is 0.307. The van der Waals surface area contributed by atoms with E-state index in [9.17, 15) is 0 Å². The van der Waals surface area contributed by atoms with Gasteiger partial charge in [-0.2, -0.15) is 5.10 Å². The van der Waals surface area contributed by atoms with E-state index >= 15 is 0 Å². The van der Waals surface area contributed by atoms with Crippen LogP contribution in [0.2, 0.25) is 0 Å². The Morgan fingerprint density at radius 1 is 1.21 bits per heavy atom. The number of hydrogen-bond acceptors (Lipinski definition) is 4. The van der Waals surface area contributed by atoms with E-state index in [1.807, 2.05) is 32.0 Å². The fraction of sp³-hybridized carbons (Fsp3) is 0.524. The third-order valence-electron chi connectivity index (χ3n) is 4.83. The number of aromatic nitrogens is 2. The smallest absolute Gasteiger partial charge is 0.196 e. The first kappa shape index (κ1) is 23.3. The molecular weight excluding hydrogens is 481 g/mol. The molecule has 7 nitrogen and oxygen atoms in total. The van der Waals surface area contributed by atoms with Gasteiger partial charge in [0.25, 0.3) is 0 Å². The molecule has 0 unspecified atom stereocenters. The maximum absolute atomic E-state index is 5.58. The first-order valence-electron chi connectivity index (χ1n) is 10.1. The lowest BCUT2D eigenvalue weighted by atomic mass is 10.2. The van der Waals surface area contributed by atoms with Crippen LogP contribution in [0.25, 0.3) is 0 Å². The lowest BCUT2D eigenvalue weighted by Crippen LogP contribution is -2.30. The summed E-state index contributed by atoms with van der Waals surface area (Å²) in [6.07, 6.45) is 7.15. The topological polar surface area (TPSA) is 72.7 Å². The van der Waals surface area contributed by atoms with Gasteiger partial charge >= 0.3 is 0 Å². The van der Waals surface area contributed by atoms with Gasteiger partial charge in [-0.3, -0.25) is 4.68 Å². The molecule has 29 heavy (non-hydrogen) atoms. The highest BCUT2D eigenvalue weighted by Gasteiger charge is 2.17. The number of aliphatic imine (C=N–C) groups is 1. The Hall–Kier alpha value is -1.97. The number of nitrogens with zero attached hydrogens (tertiary/aromatic N) is 3. The molecule has 1 heterocycles. The summed E-state index contributed by atoms with van der Waals surface area (Å²) in [6, 6.07) is 8.38. The van der Waals surface area contributed by atoms with Crippen molar-refractivity contribution in [3.63, 3.8) is 0 Å². The van der Waals surface area contributed by atoms with Crippen molar-refractivity contribution in [3.05, 3.63) is 36.2 Å². The maximum Gasteiger partial charge on any atom is 0.196 e. The lowest BCUT2D eigenvalue weighted by molar-refractivity contribution is 0.311. The molecule has 8 heteroatoms. The molecule has 0 amide bonds. The fourth-order valence-electron chi connectivity index (χ4n) is 3.46. The van der Waals surface area contributed by atoms with E-state index in [1.54, 1.807) is 7.11 Å². The zero-order valence-electron chi connectivity index (χ0n) is 17.5. The fourth-order valence-corrected chi connectivity index (χ4v) is 3.46. The standard InChI is InChI=1S/C21H31N5O2.HI/c1-4-22-21(24-16-10-11-19(28-5-2)20(14-16)27-3)23-15-17-12-13-26(25-17)18-8-6-7-9-18;/h10-14,18H,4-9,15H2,1-3H3,(H2,22,23,24);1H. The van der Waals surface area contributed by atoms with Gasteiger partial charge in [0, 0.05) is 24.5 Å². The normalized spacial score (nSPS) is 14.4. The minimum absolute atomic E-state index is 0. The third kappa shape index (κ3) is 6.52. The van der Waals surface area contributed by atoms with Crippen LogP contribution < -0.4 is 20.1 Å². The molecule has 3 rings (SSSR count). The minimum atomic E-state index is 0. The van der Waals surface area contributed by atoms with Crippen LogP contribution in [0, 0.1) is 0 Å². The van der Waals surface area contributed by atoms with Gasteiger partial charge in [0.05, 0.1) is 32.0 Å².